The van der Waals surface area contributed by atoms with Crippen LogP contribution in [0.3, 0.4) is 0 Å². The van der Waals surface area contributed by atoms with E-state index < -0.39 is 0 Å². The van der Waals surface area contributed by atoms with Gasteiger partial charge in [0, 0.05) is 6.04 Å². The van der Waals surface area contributed by atoms with Gasteiger partial charge < -0.3 is 5.32 Å². The first kappa shape index (κ1) is 8.06. The summed E-state index contributed by atoms with van der Waals surface area (Å²) < 4.78 is 0. The van der Waals surface area contributed by atoms with Crippen molar-refractivity contribution < 1.29 is 0 Å². The molecule has 0 heterocycles. The summed E-state index contributed by atoms with van der Waals surface area (Å²) >= 11 is 0. The molecule has 0 aromatic carbocycles. The molecular formula is C9H19N. The highest BCUT2D eigenvalue weighted by molar-refractivity contribution is 4.85. The summed E-state index contributed by atoms with van der Waals surface area (Å²) in [6.07, 6.45) is 5.50. The lowest BCUT2D eigenvalue weighted by molar-refractivity contribution is 0.204. The highest BCUT2D eigenvalue weighted by Gasteiger charge is 2.27. The zero-order valence-electron chi connectivity index (χ0n) is 7.19. The Labute approximate surface area is 64.2 Å². The Morgan fingerprint density at radius 1 is 1.30 bits per heavy atom. The second kappa shape index (κ2) is 3.97. The van der Waals surface area contributed by atoms with E-state index in [0.717, 1.165) is 12.0 Å². The largest absolute Gasteiger partial charge is 0.314 e. The van der Waals surface area contributed by atoms with Crippen LogP contribution < -0.4 is 5.32 Å². The van der Waals surface area contributed by atoms with E-state index in [1.165, 1.54) is 32.2 Å². The SMILES string of the molecule is CCCNC1CCC1CC. The van der Waals surface area contributed by atoms with Crippen molar-refractivity contribution in [3.05, 3.63) is 0 Å². The average molecular weight is 141 g/mol. The van der Waals surface area contributed by atoms with Crippen LogP contribution in [0, 0.1) is 5.92 Å². The summed E-state index contributed by atoms with van der Waals surface area (Å²) in [5, 5.41) is 3.57. The fourth-order valence-corrected chi connectivity index (χ4v) is 1.66. The van der Waals surface area contributed by atoms with Crippen LogP contribution >= 0.6 is 0 Å². The molecule has 1 aliphatic carbocycles. The fourth-order valence-electron chi connectivity index (χ4n) is 1.66. The summed E-state index contributed by atoms with van der Waals surface area (Å²) in [6.45, 7) is 5.73. The molecule has 1 aliphatic rings. The molecule has 60 valence electrons. The standard InChI is InChI=1S/C9H19N/c1-3-7-10-9-6-5-8(9)4-2/h8-10H,3-7H2,1-2H3. The quantitative estimate of drug-likeness (QED) is 0.632. The van der Waals surface area contributed by atoms with Gasteiger partial charge in [-0.15, -0.1) is 0 Å². The number of rotatable bonds is 4. The Bertz CT molecular complexity index is 88.7. The molecule has 0 radical (unpaired) electrons. The minimum atomic E-state index is 0.866. The zero-order valence-corrected chi connectivity index (χ0v) is 7.19. The van der Waals surface area contributed by atoms with Gasteiger partial charge in [-0.1, -0.05) is 20.3 Å². The molecule has 2 atom stereocenters. The van der Waals surface area contributed by atoms with Crippen molar-refractivity contribution in [2.24, 2.45) is 5.92 Å². The van der Waals surface area contributed by atoms with Gasteiger partial charge >= 0.3 is 0 Å². The van der Waals surface area contributed by atoms with Crippen LogP contribution in [0.4, 0.5) is 0 Å². The molecule has 0 aromatic rings. The molecule has 0 amide bonds. The fraction of sp³-hybridized carbons (Fsp3) is 1.00. The van der Waals surface area contributed by atoms with Crippen LogP contribution in [0.2, 0.25) is 0 Å². The van der Waals surface area contributed by atoms with Crippen LogP contribution in [0.1, 0.15) is 39.5 Å². The van der Waals surface area contributed by atoms with E-state index in [1.54, 1.807) is 0 Å². The molecule has 1 heteroatoms. The molecule has 1 saturated carbocycles. The lowest BCUT2D eigenvalue weighted by Crippen LogP contribution is -2.43. The first-order valence-electron chi connectivity index (χ1n) is 4.61. The zero-order chi connectivity index (χ0) is 7.40. The van der Waals surface area contributed by atoms with E-state index in [9.17, 15) is 0 Å². The third-order valence-electron chi connectivity index (χ3n) is 2.60. The van der Waals surface area contributed by atoms with Gasteiger partial charge in [0.15, 0.2) is 0 Å². The molecule has 1 N–H and O–H groups in total. The smallest absolute Gasteiger partial charge is 0.00953 e. The second-order valence-corrected chi connectivity index (χ2v) is 3.31. The summed E-state index contributed by atoms with van der Waals surface area (Å²) in [6, 6.07) is 0.866. The van der Waals surface area contributed by atoms with Crippen molar-refractivity contribution in [2.75, 3.05) is 6.54 Å². The molecule has 1 fully saturated rings. The van der Waals surface area contributed by atoms with Gasteiger partial charge in [0.2, 0.25) is 0 Å². The molecule has 0 spiro atoms. The molecule has 2 unspecified atom stereocenters. The first-order chi connectivity index (χ1) is 4.88. The van der Waals surface area contributed by atoms with Crippen LogP contribution in [0.15, 0.2) is 0 Å². The van der Waals surface area contributed by atoms with Crippen molar-refractivity contribution in [3.63, 3.8) is 0 Å². The first-order valence-corrected chi connectivity index (χ1v) is 4.61. The van der Waals surface area contributed by atoms with Crippen LogP contribution in [-0.4, -0.2) is 12.6 Å². The summed E-state index contributed by atoms with van der Waals surface area (Å²) in [7, 11) is 0. The van der Waals surface area contributed by atoms with Gasteiger partial charge in [0.05, 0.1) is 0 Å². The Hall–Kier alpha value is -0.0400. The van der Waals surface area contributed by atoms with Crippen molar-refractivity contribution >= 4 is 0 Å². The van der Waals surface area contributed by atoms with Gasteiger partial charge in [0.25, 0.3) is 0 Å². The monoisotopic (exact) mass is 141 g/mol. The summed E-state index contributed by atoms with van der Waals surface area (Å²) in [5.41, 5.74) is 0. The molecular weight excluding hydrogens is 122 g/mol. The minimum Gasteiger partial charge on any atom is -0.314 e. The van der Waals surface area contributed by atoms with E-state index in [4.69, 9.17) is 0 Å². The van der Waals surface area contributed by atoms with Gasteiger partial charge in [-0.2, -0.15) is 0 Å². The van der Waals surface area contributed by atoms with Gasteiger partial charge in [-0.3, -0.25) is 0 Å². The predicted octanol–water partition coefficient (Wildman–Crippen LogP) is 2.17. The predicted molar refractivity (Wildman–Crippen MR) is 45.1 cm³/mol. The van der Waals surface area contributed by atoms with Gasteiger partial charge in [-0.05, 0) is 31.7 Å². The Kier molecular flexibility index (Phi) is 3.20. The average Bonchev–Trinajstić information content (AvgIpc) is 1.88. The lowest BCUT2D eigenvalue weighted by Gasteiger charge is -2.36. The molecule has 1 nitrogen and oxygen atoms in total. The second-order valence-electron chi connectivity index (χ2n) is 3.31. The van der Waals surface area contributed by atoms with Crippen molar-refractivity contribution in [1.82, 2.24) is 5.32 Å². The minimum absolute atomic E-state index is 0.866. The van der Waals surface area contributed by atoms with Crippen LogP contribution in [-0.2, 0) is 0 Å². The lowest BCUT2D eigenvalue weighted by atomic mass is 9.78. The maximum atomic E-state index is 3.57. The van der Waals surface area contributed by atoms with Crippen LogP contribution in [0.25, 0.3) is 0 Å². The van der Waals surface area contributed by atoms with E-state index >= 15 is 0 Å². The van der Waals surface area contributed by atoms with Crippen molar-refractivity contribution in [2.45, 2.75) is 45.6 Å². The summed E-state index contributed by atoms with van der Waals surface area (Å²) in [5.74, 6) is 0.992. The number of hydrogen-bond donors (Lipinski definition) is 1. The maximum Gasteiger partial charge on any atom is 0.00953 e. The van der Waals surface area contributed by atoms with Crippen molar-refractivity contribution in [3.8, 4) is 0 Å². The van der Waals surface area contributed by atoms with E-state index in [2.05, 4.69) is 19.2 Å². The van der Waals surface area contributed by atoms with E-state index in [0.29, 0.717) is 0 Å². The molecule has 10 heavy (non-hydrogen) atoms. The van der Waals surface area contributed by atoms with Crippen LogP contribution in [0.5, 0.6) is 0 Å². The highest BCUT2D eigenvalue weighted by atomic mass is 14.9. The Balaban J connectivity index is 2.05. The molecule has 0 aromatic heterocycles. The third-order valence-corrected chi connectivity index (χ3v) is 2.60. The highest BCUT2D eigenvalue weighted by Crippen LogP contribution is 2.29. The Morgan fingerprint density at radius 2 is 2.10 bits per heavy atom. The van der Waals surface area contributed by atoms with Crippen molar-refractivity contribution in [1.29, 1.82) is 0 Å². The molecule has 0 saturated heterocycles. The van der Waals surface area contributed by atoms with E-state index in [1.807, 2.05) is 0 Å². The Morgan fingerprint density at radius 3 is 2.50 bits per heavy atom. The topological polar surface area (TPSA) is 12.0 Å². The molecule has 0 bridgehead atoms. The molecule has 1 rings (SSSR count). The number of hydrogen-bond acceptors (Lipinski definition) is 1. The van der Waals surface area contributed by atoms with Gasteiger partial charge in [0.1, 0.15) is 0 Å². The molecule has 0 aliphatic heterocycles. The maximum absolute atomic E-state index is 3.57. The normalized spacial score (nSPS) is 31.8. The summed E-state index contributed by atoms with van der Waals surface area (Å²) in [4.78, 5) is 0. The third kappa shape index (κ3) is 1.72. The number of nitrogens with one attached hydrogen (secondary N) is 1. The van der Waals surface area contributed by atoms with E-state index in [-0.39, 0.29) is 0 Å². The van der Waals surface area contributed by atoms with Gasteiger partial charge in [-0.25, -0.2) is 0 Å².